The Kier molecular flexibility index (Phi) is 5.21. The summed E-state index contributed by atoms with van der Waals surface area (Å²) in [5, 5.41) is 3.40. The minimum atomic E-state index is -1.55. The maximum atomic E-state index is 5.97. The standard InChI is InChI=1S/C18H27NO2Si2/c1-22(2,3)20-17-11-7-15(8-12-17)19-16-9-13-18(14-10-16)21-23(4,5)6/h7-14,19H,1-6H3. The van der Waals surface area contributed by atoms with Gasteiger partial charge < -0.3 is 14.2 Å². The van der Waals surface area contributed by atoms with Crippen LogP contribution in [-0.2, 0) is 0 Å². The summed E-state index contributed by atoms with van der Waals surface area (Å²) in [5.74, 6) is 1.88. The molecular formula is C18H27NO2Si2. The first-order valence-corrected chi connectivity index (χ1v) is 14.8. The van der Waals surface area contributed by atoms with Crippen LogP contribution in [0.1, 0.15) is 0 Å². The third-order valence-electron chi connectivity index (χ3n) is 2.85. The summed E-state index contributed by atoms with van der Waals surface area (Å²) < 4.78 is 11.9. The lowest BCUT2D eigenvalue weighted by Gasteiger charge is -2.20. The zero-order valence-corrected chi connectivity index (χ0v) is 16.9. The monoisotopic (exact) mass is 345 g/mol. The average Bonchev–Trinajstić information content (AvgIpc) is 2.40. The largest absolute Gasteiger partial charge is 0.544 e. The molecule has 0 aromatic heterocycles. The number of nitrogens with one attached hydrogen (secondary N) is 1. The summed E-state index contributed by atoms with van der Waals surface area (Å²) in [4.78, 5) is 0. The highest BCUT2D eigenvalue weighted by Gasteiger charge is 2.16. The molecule has 0 aliphatic carbocycles. The molecule has 0 fully saturated rings. The first-order chi connectivity index (χ1) is 10.6. The van der Waals surface area contributed by atoms with E-state index in [9.17, 15) is 0 Å². The van der Waals surface area contributed by atoms with Crippen LogP contribution >= 0.6 is 0 Å². The Bertz CT molecular complexity index is 569. The van der Waals surface area contributed by atoms with E-state index in [-0.39, 0.29) is 0 Å². The Morgan fingerprint density at radius 2 is 0.870 bits per heavy atom. The van der Waals surface area contributed by atoms with Gasteiger partial charge in [-0.2, -0.15) is 0 Å². The molecule has 0 aliphatic heterocycles. The van der Waals surface area contributed by atoms with Gasteiger partial charge in [-0.25, -0.2) is 0 Å². The van der Waals surface area contributed by atoms with Crippen molar-refractivity contribution in [3.05, 3.63) is 48.5 Å². The molecule has 0 heterocycles. The highest BCUT2D eigenvalue weighted by molar-refractivity contribution is 6.70. The van der Waals surface area contributed by atoms with E-state index in [4.69, 9.17) is 8.85 Å². The normalized spacial score (nSPS) is 11.9. The zero-order valence-electron chi connectivity index (χ0n) is 14.9. The topological polar surface area (TPSA) is 30.5 Å². The molecule has 2 aromatic carbocycles. The molecule has 124 valence electrons. The summed E-state index contributed by atoms with van der Waals surface area (Å²) in [6.45, 7) is 13.1. The third-order valence-corrected chi connectivity index (χ3v) is 4.54. The lowest BCUT2D eigenvalue weighted by atomic mass is 10.2. The van der Waals surface area contributed by atoms with Crippen LogP contribution in [0.4, 0.5) is 11.4 Å². The molecule has 0 saturated heterocycles. The van der Waals surface area contributed by atoms with Gasteiger partial charge in [0.25, 0.3) is 0 Å². The van der Waals surface area contributed by atoms with E-state index in [1.807, 2.05) is 48.5 Å². The Hall–Kier alpha value is -1.73. The Morgan fingerprint density at radius 3 is 1.13 bits per heavy atom. The van der Waals surface area contributed by atoms with E-state index in [0.717, 1.165) is 22.9 Å². The van der Waals surface area contributed by atoms with Crippen LogP contribution in [-0.4, -0.2) is 16.6 Å². The van der Waals surface area contributed by atoms with Crippen LogP contribution in [0.2, 0.25) is 39.3 Å². The maximum absolute atomic E-state index is 5.97. The molecule has 0 unspecified atom stereocenters. The third kappa shape index (κ3) is 6.50. The minimum Gasteiger partial charge on any atom is -0.544 e. The van der Waals surface area contributed by atoms with Crippen molar-refractivity contribution in [3.63, 3.8) is 0 Å². The van der Waals surface area contributed by atoms with E-state index in [2.05, 4.69) is 44.6 Å². The molecule has 2 aromatic rings. The first-order valence-electron chi connectivity index (χ1n) is 7.96. The molecule has 0 amide bonds. The minimum absolute atomic E-state index is 0.939. The molecule has 23 heavy (non-hydrogen) atoms. The zero-order chi connectivity index (χ0) is 17.1. The average molecular weight is 346 g/mol. The van der Waals surface area contributed by atoms with Crippen molar-refractivity contribution >= 4 is 28.0 Å². The fraction of sp³-hybridized carbons (Fsp3) is 0.333. The van der Waals surface area contributed by atoms with E-state index in [1.165, 1.54) is 0 Å². The second-order valence-electron chi connectivity index (χ2n) is 7.60. The highest BCUT2D eigenvalue weighted by atomic mass is 28.4. The SMILES string of the molecule is C[Si](C)(C)Oc1ccc(Nc2ccc(O[Si](C)(C)C)cc2)cc1. The Morgan fingerprint density at radius 1 is 0.565 bits per heavy atom. The quantitative estimate of drug-likeness (QED) is 0.665. The number of hydrogen-bond donors (Lipinski definition) is 1. The van der Waals surface area contributed by atoms with Gasteiger partial charge in [0.2, 0.25) is 16.6 Å². The molecule has 0 radical (unpaired) electrons. The molecule has 0 atom stereocenters. The molecular weight excluding hydrogens is 318 g/mol. The van der Waals surface area contributed by atoms with Crippen molar-refractivity contribution in [1.29, 1.82) is 0 Å². The van der Waals surface area contributed by atoms with Crippen LogP contribution in [0, 0.1) is 0 Å². The van der Waals surface area contributed by atoms with Crippen LogP contribution < -0.4 is 14.2 Å². The lowest BCUT2D eigenvalue weighted by molar-refractivity contribution is 0.557. The van der Waals surface area contributed by atoms with Gasteiger partial charge >= 0.3 is 0 Å². The number of anilines is 2. The van der Waals surface area contributed by atoms with Crippen LogP contribution in [0.15, 0.2) is 48.5 Å². The Labute approximate surface area is 141 Å². The molecule has 1 N–H and O–H groups in total. The van der Waals surface area contributed by atoms with Gasteiger partial charge in [-0.15, -0.1) is 0 Å². The van der Waals surface area contributed by atoms with Gasteiger partial charge in [-0.3, -0.25) is 0 Å². The fourth-order valence-electron chi connectivity index (χ4n) is 2.09. The van der Waals surface area contributed by atoms with Crippen molar-refractivity contribution in [2.75, 3.05) is 5.32 Å². The number of hydrogen-bond acceptors (Lipinski definition) is 3. The lowest BCUT2D eigenvalue weighted by Crippen LogP contribution is -2.29. The van der Waals surface area contributed by atoms with Gasteiger partial charge in [0, 0.05) is 11.4 Å². The van der Waals surface area contributed by atoms with Crippen molar-refractivity contribution in [2.24, 2.45) is 0 Å². The van der Waals surface area contributed by atoms with Gasteiger partial charge in [0.15, 0.2) is 0 Å². The van der Waals surface area contributed by atoms with Crippen molar-refractivity contribution in [2.45, 2.75) is 39.3 Å². The molecule has 0 saturated carbocycles. The molecule has 3 nitrogen and oxygen atoms in total. The van der Waals surface area contributed by atoms with E-state index in [1.54, 1.807) is 0 Å². The summed E-state index contributed by atoms with van der Waals surface area (Å²) >= 11 is 0. The predicted octanol–water partition coefficient (Wildman–Crippen LogP) is 5.86. The second-order valence-corrected chi connectivity index (χ2v) is 16.5. The van der Waals surface area contributed by atoms with E-state index >= 15 is 0 Å². The predicted molar refractivity (Wildman–Crippen MR) is 104 cm³/mol. The smallest absolute Gasteiger partial charge is 0.242 e. The van der Waals surface area contributed by atoms with Crippen molar-refractivity contribution in [1.82, 2.24) is 0 Å². The molecule has 0 bridgehead atoms. The fourth-order valence-corrected chi connectivity index (χ4v) is 3.77. The Balaban J connectivity index is 1.99. The van der Waals surface area contributed by atoms with Crippen molar-refractivity contribution in [3.8, 4) is 11.5 Å². The maximum Gasteiger partial charge on any atom is 0.242 e. The second kappa shape index (κ2) is 6.80. The summed E-state index contributed by atoms with van der Waals surface area (Å²) in [6.07, 6.45) is 0. The summed E-state index contributed by atoms with van der Waals surface area (Å²) in [7, 11) is -3.09. The summed E-state index contributed by atoms with van der Waals surface area (Å²) in [5.41, 5.74) is 2.10. The number of benzene rings is 2. The van der Waals surface area contributed by atoms with E-state index in [0.29, 0.717) is 0 Å². The van der Waals surface area contributed by atoms with Crippen LogP contribution in [0.3, 0.4) is 0 Å². The summed E-state index contributed by atoms with van der Waals surface area (Å²) in [6, 6.07) is 16.2. The molecule has 0 spiro atoms. The van der Waals surface area contributed by atoms with Crippen molar-refractivity contribution < 1.29 is 8.85 Å². The van der Waals surface area contributed by atoms with Gasteiger partial charge in [-0.1, -0.05) is 0 Å². The molecule has 0 aliphatic rings. The van der Waals surface area contributed by atoms with Gasteiger partial charge in [-0.05, 0) is 87.8 Å². The van der Waals surface area contributed by atoms with Gasteiger partial charge in [0.1, 0.15) is 11.5 Å². The van der Waals surface area contributed by atoms with Gasteiger partial charge in [0.05, 0.1) is 0 Å². The number of rotatable bonds is 6. The van der Waals surface area contributed by atoms with E-state index < -0.39 is 16.6 Å². The van der Waals surface area contributed by atoms with Crippen LogP contribution in [0.25, 0.3) is 0 Å². The highest BCUT2D eigenvalue weighted by Crippen LogP contribution is 2.24. The molecule has 5 heteroatoms. The molecule has 2 rings (SSSR count). The van der Waals surface area contributed by atoms with Crippen LogP contribution in [0.5, 0.6) is 11.5 Å². The first kappa shape index (κ1) is 17.6.